The van der Waals surface area contributed by atoms with Crippen LogP contribution in [0, 0.1) is 13.8 Å². The fourth-order valence-corrected chi connectivity index (χ4v) is 4.33. The van der Waals surface area contributed by atoms with Crippen LogP contribution in [0.1, 0.15) is 40.7 Å². The summed E-state index contributed by atoms with van der Waals surface area (Å²) in [5, 5.41) is 0. The minimum absolute atomic E-state index is 0.0695. The van der Waals surface area contributed by atoms with E-state index < -0.39 is 29.5 Å². The second kappa shape index (κ2) is 10.4. The van der Waals surface area contributed by atoms with E-state index in [9.17, 15) is 27.6 Å². The molecule has 0 fully saturated rings. The van der Waals surface area contributed by atoms with Crippen molar-refractivity contribution in [2.45, 2.75) is 32.9 Å². The first-order chi connectivity index (χ1) is 18.0. The molecule has 0 aromatic heterocycles. The number of hydrogen-bond donors (Lipinski definition) is 3. The van der Waals surface area contributed by atoms with Gasteiger partial charge in [0.1, 0.15) is 0 Å². The van der Waals surface area contributed by atoms with Crippen molar-refractivity contribution in [3.63, 3.8) is 0 Å². The Morgan fingerprint density at radius 3 is 2.16 bits per heavy atom. The first-order valence-corrected chi connectivity index (χ1v) is 11.7. The van der Waals surface area contributed by atoms with E-state index in [4.69, 9.17) is 5.73 Å². The van der Waals surface area contributed by atoms with Gasteiger partial charge in [-0.3, -0.25) is 30.1 Å². The number of anilines is 2. The molecule has 0 saturated heterocycles. The van der Waals surface area contributed by atoms with Gasteiger partial charge in [-0.15, -0.1) is 0 Å². The van der Waals surface area contributed by atoms with Crippen molar-refractivity contribution >= 4 is 40.4 Å². The smallest absolute Gasteiger partial charge is 0.370 e. The third-order valence-electron chi connectivity index (χ3n) is 5.95. The molecule has 0 saturated carbocycles. The van der Waals surface area contributed by atoms with Gasteiger partial charge >= 0.3 is 6.18 Å². The molecule has 38 heavy (non-hydrogen) atoms. The maximum absolute atomic E-state index is 14.0. The van der Waals surface area contributed by atoms with Gasteiger partial charge in [-0.2, -0.15) is 13.2 Å². The highest BCUT2D eigenvalue weighted by molar-refractivity contribution is 6.39. The lowest BCUT2D eigenvalue weighted by Crippen LogP contribution is -2.37. The number of hydrogen-bond acceptors (Lipinski definition) is 4. The van der Waals surface area contributed by atoms with Crippen LogP contribution in [0.4, 0.5) is 24.5 Å². The lowest BCUT2D eigenvalue weighted by molar-refractivity contribution is -0.137. The second-order valence-electron chi connectivity index (χ2n) is 8.97. The van der Waals surface area contributed by atoms with E-state index in [2.05, 4.69) is 10.9 Å². The zero-order valence-electron chi connectivity index (χ0n) is 20.6. The highest BCUT2D eigenvalue weighted by Crippen LogP contribution is 2.46. The molecule has 3 aromatic carbocycles. The minimum atomic E-state index is -4.62. The molecule has 1 aliphatic heterocycles. The monoisotopic (exact) mass is 522 g/mol. The number of halogens is 3. The summed E-state index contributed by atoms with van der Waals surface area (Å²) < 4.78 is 41.0. The quantitative estimate of drug-likeness (QED) is 0.308. The lowest BCUT2D eigenvalue weighted by Gasteiger charge is -2.20. The topological polar surface area (TPSA) is 105 Å². The highest BCUT2D eigenvalue weighted by Gasteiger charge is 2.39. The molecular formula is C28H25F3N4O3. The molecule has 0 bridgehead atoms. The molecule has 0 radical (unpaired) electrons. The summed E-state index contributed by atoms with van der Waals surface area (Å²) in [6.45, 7) is 3.67. The van der Waals surface area contributed by atoms with Crippen molar-refractivity contribution < 1.29 is 27.6 Å². The molecule has 196 valence electrons. The number of carbonyl (C=O) groups excluding carboxylic acids is 3. The molecule has 0 unspecified atom stereocenters. The summed E-state index contributed by atoms with van der Waals surface area (Å²) in [4.78, 5) is 38.6. The fraction of sp³-hybridized carbons (Fsp3) is 0.179. The number of hydrazine groups is 1. The van der Waals surface area contributed by atoms with Gasteiger partial charge < -0.3 is 5.73 Å². The Morgan fingerprint density at radius 1 is 0.895 bits per heavy atom. The van der Waals surface area contributed by atoms with Crippen LogP contribution in [0.5, 0.6) is 0 Å². The standard InChI is InChI=1S/C28H25F3N4O3/c1-16-12-17(2)14-20(13-16)35-22-15-19(28(29,30)31)8-9-21(22)25(27(35)38)26(18-6-4-3-5-7-18)34-33-24(37)11-10-23(32)36/h3-9,12-15,34H,10-11H2,1-2H3,(H2,32,36)(H,33,37)/b26-25-. The number of alkyl halides is 3. The third-order valence-corrected chi connectivity index (χ3v) is 5.95. The van der Waals surface area contributed by atoms with Crippen LogP contribution in [-0.2, 0) is 20.6 Å². The number of aryl methyl sites for hydroxylation is 2. The molecule has 4 N–H and O–H groups in total. The Morgan fingerprint density at radius 2 is 1.55 bits per heavy atom. The van der Waals surface area contributed by atoms with Crippen molar-refractivity contribution in [1.82, 2.24) is 10.9 Å². The number of nitrogens with one attached hydrogen (secondary N) is 2. The molecule has 7 nitrogen and oxygen atoms in total. The number of amides is 3. The average Bonchev–Trinajstić information content (AvgIpc) is 3.13. The second-order valence-corrected chi connectivity index (χ2v) is 8.97. The number of carbonyl (C=O) groups is 3. The number of primary amides is 1. The van der Waals surface area contributed by atoms with Gasteiger partial charge in [-0.1, -0.05) is 42.5 Å². The molecule has 10 heteroatoms. The van der Waals surface area contributed by atoms with Crippen LogP contribution in [0.25, 0.3) is 11.3 Å². The van der Waals surface area contributed by atoms with Crippen LogP contribution < -0.4 is 21.5 Å². The molecule has 0 atom stereocenters. The number of benzene rings is 3. The first-order valence-electron chi connectivity index (χ1n) is 11.7. The van der Waals surface area contributed by atoms with E-state index in [1.165, 1.54) is 11.0 Å². The number of rotatable bonds is 7. The van der Waals surface area contributed by atoms with E-state index in [0.29, 0.717) is 11.3 Å². The van der Waals surface area contributed by atoms with Gasteiger partial charge in [-0.05, 0) is 49.2 Å². The van der Waals surface area contributed by atoms with Crippen molar-refractivity contribution in [3.05, 3.63) is 94.5 Å². The van der Waals surface area contributed by atoms with Crippen LogP contribution in [0.2, 0.25) is 0 Å². The van der Waals surface area contributed by atoms with Gasteiger partial charge in [0.2, 0.25) is 11.8 Å². The Bertz CT molecular complexity index is 1430. The highest BCUT2D eigenvalue weighted by atomic mass is 19.4. The molecule has 4 rings (SSSR count). The van der Waals surface area contributed by atoms with Gasteiger partial charge in [0.25, 0.3) is 5.91 Å². The average molecular weight is 523 g/mol. The Kier molecular flexibility index (Phi) is 7.25. The zero-order valence-corrected chi connectivity index (χ0v) is 20.6. The Labute approximate surface area is 217 Å². The predicted molar refractivity (Wildman–Crippen MR) is 137 cm³/mol. The number of nitrogens with zero attached hydrogens (tertiary/aromatic N) is 1. The van der Waals surface area contributed by atoms with E-state index in [1.54, 1.807) is 42.5 Å². The van der Waals surface area contributed by atoms with Crippen molar-refractivity contribution in [2.75, 3.05) is 4.90 Å². The molecule has 3 amide bonds. The summed E-state index contributed by atoms with van der Waals surface area (Å²) in [5.74, 6) is -1.77. The molecular weight excluding hydrogens is 497 g/mol. The van der Waals surface area contributed by atoms with Crippen LogP contribution in [0.15, 0.2) is 66.7 Å². The van der Waals surface area contributed by atoms with Gasteiger partial charge in [0, 0.05) is 29.7 Å². The molecule has 3 aromatic rings. The maximum Gasteiger partial charge on any atom is 0.416 e. The molecule has 1 heterocycles. The van der Waals surface area contributed by atoms with Crippen LogP contribution in [-0.4, -0.2) is 17.7 Å². The molecule has 0 spiro atoms. The van der Waals surface area contributed by atoms with Crippen LogP contribution >= 0.6 is 0 Å². The number of fused-ring (bicyclic) bond motifs is 1. The van der Waals surface area contributed by atoms with E-state index in [-0.39, 0.29) is 35.4 Å². The summed E-state index contributed by atoms with van der Waals surface area (Å²) in [6, 6.07) is 17.1. The van der Waals surface area contributed by atoms with E-state index in [0.717, 1.165) is 23.3 Å². The van der Waals surface area contributed by atoms with Gasteiger partial charge in [0.15, 0.2) is 0 Å². The van der Waals surface area contributed by atoms with Crippen LogP contribution in [0.3, 0.4) is 0 Å². The molecule has 0 aliphatic carbocycles. The van der Waals surface area contributed by atoms with Crippen molar-refractivity contribution in [3.8, 4) is 0 Å². The van der Waals surface area contributed by atoms with E-state index in [1.807, 2.05) is 19.9 Å². The van der Waals surface area contributed by atoms with Gasteiger partial charge in [-0.25, -0.2) is 0 Å². The SMILES string of the molecule is Cc1cc(C)cc(N2C(=O)/C(=C(\NNC(=O)CCC(N)=O)c3ccccc3)c3ccc(C(F)(F)F)cc32)c1. The summed E-state index contributed by atoms with van der Waals surface area (Å²) in [7, 11) is 0. The largest absolute Gasteiger partial charge is 0.416 e. The minimum Gasteiger partial charge on any atom is -0.370 e. The predicted octanol–water partition coefficient (Wildman–Crippen LogP) is 4.76. The lowest BCUT2D eigenvalue weighted by atomic mass is 9.99. The van der Waals surface area contributed by atoms with E-state index >= 15 is 0 Å². The maximum atomic E-state index is 14.0. The molecule has 1 aliphatic rings. The Hall–Kier alpha value is -4.60. The van der Waals surface area contributed by atoms with Gasteiger partial charge in [0.05, 0.1) is 22.5 Å². The first kappa shape index (κ1) is 26.5. The zero-order chi connectivity index (χ0) is 27.6. The summed E-state index contributed by atoms with van der Waals surface area (Å²) in [5.41, 5.74) is 12.7. The Balaban J connectivity index is 1.90. The summed E-state index contributed by atoms with van der Waals surface area (Å²) in [6.07, 6.45) is -4.98. The third kappa shape index (κ3) is 5.54. The number of nitrogens with two attached hydrogens (primary N) is 1. The fourth-order valence-electron chi connectivity index (χ4n) is 4.33. The normalized spacial score (nSPS) is 14.2. The summed E-state index contributed by atoms with van der Waals surface area (Å²) >= 11 is 0. The van der Waals surface area contributed by atoms with Crippen molar-refractivity contribution in [2.24, 2.45) is 5.73 Å². The van der Waals surface area contributed by atoms with Crippen molar-refractivity contribution in [1.29, 1.82) is 0 Å².